The molecule has 0 saturated carbocycles. The fourth-order valence-electron chi connectivity index (χ4n) is 4.58. The van der Waals surface area contributed by atoms with E-state index in [-0.39, 0.29) is 6.54 Å². The van der Waals surface area contributed by atoms with Crippen molar-refractivity contribution in [1.82, 2.24) is 0 Å². The number of hydrogen-bond acceptors (Lipinski definition) is 3. The third-order valence-electron chi connectivity index (χ3n) is 7.05. The Kier molecular flexibility index (Phi) is 16.6. The lowest BCUT2D eigenvalue weighted by molar-refractivity contribution is -0.962. The molecule has 0 heterocycles. The molecule has 0 aliphatic carbocycles. The Labute approximate surface area is 200 Å². The van der Waals surface area contributed by atoms with E-state index in [0.717, 1.165) is 19.3 Å². The number of quaternary nitrogens is 1. The van der Waals surface area contributed by atoms with Gasteiger partial charge in [0.05, 0.1) is 6.54 Å². The molecule has 0 spiro atoms. The molecule has 3 unspecified atom stereocenters. The Hall–Kier alpha value is -1.89. The minimum absolute atomic E-state index is 0.0483. The van der Waals surface area contributed by atoms with Crippen molar-refractivity contribution in [3.63, 3.8) is 0 Å². The van der Waals surface area contributed by atoms with Gasteiger partial charge >= 0.3 is 17.9 Å². The fourth-order valence-corrected chi connectivity index (χ4v) is 4.58. The molecule has 0 rings (SSSR count). The number of allylic oxidation sites excluding steroid dienone is 1. The third-order valence-corrected chi connectivity index (χ3v) is 7.05. The van der Waals surface area contributed by atoms with Crippen LogP contribution in [0.3, 0.4) is 0 Å². The van der Waals surface area contributed by atoms with Gasteiger partial charge in [0, 0.05) is 0 Å². The number of carboxylic acid groups (broad SMARTS) is 3. The van der Waals surface area contributed by atoms with E-state index in [1.54, 1.807) is 6.08 Å². The van der Waals surface area contributed by atoms with E-state index in [0.29, 0.717) is 0 Å². The van der Waals surface area contributed by atoms with E-state index in [1.807, 2.05) is 6.08 Å². The normalized spacial score (nSPS) is 16.2. The highest BCUT2D eigenvalue weighted by atomic mass is 16.4. The standard InChI is InChI=1S/C26H47NO6/c1-5-6-7-8-9-10-11-12-13-14-15-16-17-18-19-20-27(21(2)24(28)29,22(3)25(30)31)23(4)26(32)33/h18-19,21-23H,5-17,20H2,1-4H3,(H2-,28,29,30,31,32,33)/p+1/b19-18+. The Balaban J connectivity index is 4.52. The van der Waals surface area contributed by atoms with Gasteiger partial charge in [0.2, 0.25) is 0 Å². The van der Waals surface area contributed by atoms with Crippen LogP contribution in [-0.4, -0.2) is 62.4 Å². The smallest absolute Gasteiger partial charge is 0.362 e. The average Bonchev–Trinajstić information content (AvgIpc) is 2.77. The summed E-state index contributed by atoms with van der Waals surface area (Å²) in [5, 5.41) is 28.7. The minimum Gasteiger partial charge on any atom is -0.477 e. The topological polar surface area (TPSA) is 112 Å². The van der Waals surface area contributed by atoms with Gasteiger partial charge in [-0.25, -0.2) is 14.4 Å². The van der Waals surface area contributed by atoms with Gasteiger partial charge in [0.1, 0.15) is 0 Å². The molecule has 0 saturated heterocycles. The van der Waals surface area contributed by atoms with Gasteiger partial charge in [-0.2, -0.15) is 0 Å². The summed E-state index contributed by atoms with van der Waals surface area (Å²) >= 11 is 0. The predicted octanol–water partition coefficient (Wildman–Crippen LogP) is 5.87. The van der Waals surface area contributed by atoms with Crippen LogP contribution in [0.15, 0.2) is 12.2 Å². The lowest BCUT2D eigenvalue weighted by Gasteiger charge is -2.46. The van der Waals surface area contributed by atoms with E-state index >= 15 is 0 Å². The summed E-state index contributed by atoms with van der Waals surface area (Å²) < 4.78 is -0.561. The molecular weight excluding hydrogens is 422 g/mol. The first-order chi connectivity index (χ1) is 15.6. The fraction of sp³-hybridized carbons (Fsp3) is 0.808. The summed E-state index contributed by atoms with van der Waals surface area (Å²) in [4.78, 5) is 35.2. The Morgan fingerprint density at radius 1 is 0.606 bits per heavy atom. The lowest BCUT2D eigenvalue weighted by Crippen LogP contribution is -2.70. The highest BCUT2D eigenvalue weighted by molar-refractivity contribution is 5.77. The van der Waals surface area contributed by atoms with Crippen LogP contribution < -0.4 is 0 Å². The highest BCUT2D eigenvalue weighted by Gasteiger charge is 2.52. The van der Waals surface area contributed by atoms with Gasteiger partial charge in [0.15, 0.2) is 18.1 Å². The maximum atomic E-state index is 11.7. The minimum atomic E-state index is -1.20. The van der Waals surface area contributed by atoms with Gasteiger partial charge in [-0.1, -0.05) is 83.6 Å². The van der Waals surface area contributed by atoms with Crippen molar-refractivity contribution in [2.24, 2.45) is 0 Å². The Morgan fingerprint density at radius 3 is 1.27 bits per heavy atom. The first-order valence-electron chi connectivity index (χ1n) is 12.8. The molecule has 0 fully saturated rings. The molecule has 0 aromatic carbocycles. The maximum Gasteiger partial charge on any atom is 0.362 e. The average molecular weight is 471 g/mol. The quantitative estimate of drug-likeness (QED) is 0.110. The molecule has 0 radical (unpaired) electrons. The Bertz CT molecular complexity index is 553. The summed E-state index contributed by atoms with van der Waals surface area (Å²) in [6.45, 7) is 6.45. The first-order valence-corrected chi connectivity index (χ1v) is 12.8. The summed E-state index contributed by atoms with van der Waals surface area (Å²) in [6.07, 6.45) is 19.8. The monoisotopic (exact) mass is 470 g/mol. The number of carboxylic acids is 3. The van der Waals surface area contributed by atoms with Crippen molar-refractivity contribution in [3.05, 3.63) is 12.2 Å². The van der Waals surface area contributed by atoms with Crippen molar-refractivity contribution in [1.29, 1.82) is 0 Å². The molecule has 192 valence electrons. The summed E-state index contributed by atoms with van der Waals surface area (Å²) in [5.41, 5.74) is 0. The second kappa shape index (κ2) is 17.6. The van der Waals surface area contributed by atoms with Gasteiger partial charge in [-0.05, 0) is 39.7 Å². The zero-order chi connectivity index (χ0) is 25.3. The highest BCUT2D eigenvalue weighted by Crippen LogP contribution is 2.26. The SMILES string of the molecule is CCCCCCCCCCCCCC/C=C/C[N+](C(C)C(=O)O)(C(C)C(=O)O)C(C)C(=O)O. The molecule has 0 bridgehead atoms. The van der Waals surface area contributed by atoms with Crippen molar-refractivity contribution < 1.29 is 34.2 Å². The number of carbonyl (C=O) groups is 3. The lowest BCUT2D eigenvalue weighted by atomic mass is 10.0. The summed E-state index contributed by atoms with van der Waals surface area (Å²) in [7, 11) is 0. The van der Waals surface area contributed by atoms with Crippen molar-refractivity contribution in [2.75, 3.05) is 6.54 Å². The molecular formula is C26H48NO6+. The van der Waals surface area contributed by atoms with E-state index in [1.165, 1.54) is 85.0 Å². The molecule has 0 amide bonds. The zero-order valence-electron chi connectivity index (χ0n) is 21.3. The number of rotatable bonds is 21. The molecule has 3 N–H and O–H groups in total. The maximum absolute atomic E-state index is 11.7. The largest absolute Gasteiger partial charge is 0.477 e. The van der Waals surface area contributed by atoms with Gasteiger partial charge in [-0.3, -0.25) is 4.48 Å². The predicted molar refractivity (Wildman–Crippen MR) is 131 cm³/mol. The third kappa shape index (κ3) is 11.2. The van der Waals surface area contributed by atoms with Crippen LogP contribution in [0, 0.1) is 0 Å². The van der Waals surface area contributed by atoms with E-state index in [2.05, 4.69) is 6.92 Å². The zero-order valence-corrected chi connectivity index (χ0v) is 21.3. The molecule has 7 nitrogen and oxygen atoms in total. The van der Waals surface area contributed by atoms with Gasteiger partial charge in [0.25, 0.3) is 0 Å². The molecule has 0 aromatic rings. The van der Waals surface area contributed by atoms with E-state index < -0.39 is 40.5 Å². The second-order valence-electron chi connectivity index (χ2n) is 9.37. The van der Waals surface area contributed by atoms with Crippen molar-refractivity contribution in [3.8, 4) is 0 Å². The molecule has 3 atom stereocenters. The molecule has 0 aliphatic rings. The van der Waals surface area contributed by atoms with E-state index in [9.17, 15) is 29.7 Å². The van der Waals surface area contributed by atoms with Crippen LogP contribution in [0.2, 0.25) is 0 Å². The number of unbranched alkanes of at least 4 members (excludes halogenated alkanes) is 12. The van der Waals surface area contributed by atoms with Crippen LogP contribution >= 0.6 is 0 Å². The van der Waals surface area contributed by atoms with Crippen LogP contribution in [0.25, 0.3) is 0 Å². The van der Waals surface area contributed by atoms with Crippen molar-refractivity contribution in [2.45, 2.75) is 129 Å². The summed E-state index contributed by atoms with van der Waals surface area (Å²) in [5.74, 6) is -3.61. The van der Waals surface area contributed by atoms with Gasteiger partial charge in [-0.15, -0.1) is 0 Å². The van der Waals surface area contributed by atoms with E-state index in [4.69, 9.17) is 0 Å². The van der Waals surface area contributed by atoms with Gasteiger partial charge < -0.3 is 15.3 Å². The first kappa shape index (κ1) is 31.1. The van der Waals surface area contributed by atoms with Crippen LogP contribution in [0.1, 0.15) is 111 Å². The summed E-state index contributed by atoms with van der Waals surface area (Å²) in [6, 6.07) is -3.50. The Morgan fingerprint density at radius 2 is 0.939 bits per heavy atom. The van der Waals surface area contributed by atoms with Crippen LogP contribution in [0.5, 0.6) is 0 Å². The molecule has 0 aliphatic heterocycles. The van der Waals surface area contributed by atoms with Crippen LogP contribution in [-0.2, 0) is 14.4 Å². The second-order valence-corrected chi connectivity index (χ2v) is 9.37. The van der Waals surface area contributed by atoms with Crippen molar-refractivity contribution >= 4 is 17.9 Å². The number of nitrogens with zero attached hydrogens (tertiary/aromatic N) is 1. The van der Waals surface area contributed by atoms with Crippen LogP contribution in [0.4, 0.5) is 0 Å². The molecule has 33 heavy (non-hydrogen) atoms. The molecule has 7 heteroatoms. The number of aliphatic carboxylic acids is 3. The number of hydrogen-bond donors (Lipinski definition) is 3. The molecule has 0 aromatic heterocycles.